The number of nitrogens with zero attached hydrogens (tertiary/aromatic N) is 2. The molecule has 0 saturated heterocycles. The largest absolute Gasteiger partial charge is 0.508 e. The van der Waals surface area contributed by atoms with Crippen LogP contribution in [0.25, 0.3) is 16.7 Å². The molecule has 7 heteroatoms. The highest BCUT2D eigenvalue weighted by molar-refractivity contribution is 5.75. The molecule has 0 saturated carbocycles. The van der Waals surface area contributed by atoms with Gasteiger partial charge in [0.2, 0.25) is 0 Å². The lowest BCUT2D eigenvalue weighted by Crippen LogP contribution is -2.22. The minimum Gasteiger partial charge on any atom is -0.508 e. The van der Waals surface area contributed by atoms with E-state index in [2.05, 4.69) is 9.97 Å². The summed E-state index contributed by atoms with van der Waals surface area (Å²) in [6.45, 7) is 3.57. The number of aromatic hydroxyl groups is 1. The summed E-state index contributed by atoms with van der Waals surface area (Å²) in [6.07, 6.45) is 2.36. The van der Waals surface area contributed by atoms with Crippen molar-refractivity contribution in [3.8, 4) is 17.4 Å². The molecule has 2 heterocycles. The third-order valence-electron chi connectivity index (χ3n) is 3.53. The van der Waals surface area contributed by atoms with Crippen molar-refractivity contribution in [3.05, 3.63) is 46.9 Å². The van der Waals surface area contributed by atoms with E-state index in [0.29, 0.717) is 43.0 Å². The fourth-order valence-corrected chi connectivity index (χ4v) is 2.37. The first kappa shape index (κ1) is 16.1. The lowest BCUT2D eigenvalue weighted by molar-refractivity contribution is 0.128. The standard InChI is InChI=1S/C17H19N3O4/c1-2-23-10-3-11-24-17-19-15-14(8-9-18-15)16(22)20(17)12-4-6-13(21)7-5-12/h4-9,18,21H,2-3,10-11H2,1H3. The van der Waals surface area contributed by atoms with E-state index in [1.807, 2.05) is 6.92 Å². The number of fused-ring (bicyclic) bond motifs is 1. The molecule has 0 amide bonds. The second kappa shape index (κ2) is 7.18. The van der Waals surface area contributed by atoms with Crippen molar-refractivity contribution < 1.29 is 14.6 Å². The SMILES string of the molecule is CCOCCCOc1nc2[nH]ccc2c(=O)n1-c1ccc(O)cc1. The van der Waals surface area contributed by atoms with Gasteiger partial charge in [0.15, 0.2) is 0 Å². The van der Waals surface area contributed by atoms with Crippen LogP contribution >= 0.6 is 0 Å². The lowest BCUT2D eigenvalue weighted by atomic mass is 10.3. The lowest BCUT2D eigenvalue weighted by Gasteiger charge is -2.13. The number of phenols is 1. The molecule has 0 aliphatic carbocycles. The van der Waals surface area contributed by atoms with E-state index in [1.54, 1.807) is 24.4 Å². The molecule has 0 spiro atoms. The summed E-state index contributed by atoms with van der Waals surface area (Å²) in [5, 5.41) is 9.93. The number of rotatable bonds is 7. The second-order valence-corrected chi connectivity index (χ2v) is 5.19. The Hall–Kier alpha value is -2.80. The molecule has 24 heavy (non-hydrogen) atoms. The number of hydrogen-bond donors (Lipinski definition) is 2. The van der Waals surface area contributed by atoms with Gasteiger partial charge in [-0.3, -0.25) is 4.79 Å². The topological polar surface area (TPSA) is 89.4 Å². The van der Waals surface area contributed by atoms with Crippen LogP contribution in [-0.2, 0) is 4.74 Å². The number of aromatic nitrogens is 3. The summed E-state index contributed by atoms with van der Waals surface area (Å²) in [6, 6.07) is 8.20. The van der Waals surface area contributed by atoms with Gasteiger partial charge in [0.1, 0.15) is 11.4 Å². The number of phenolic OH excluding ortho intramolecular Hbond substituents is 1. The first-order valence-electron chi connectivity index (χ1n) is 7.81. The quantitative estimate of drug-likeness (QED) is 0.649. The minimum atomic E-state index is -0.230. The maximum absolute atomic E-state index is 12.8. The van der Waals surface area contributed by atoms with Crippen molar-refractivity contribution in [3.63, 3.8) is 0 Å². The van der Waals surface area contributed by atoms with Gasteiger partial charge >= 0.3 is 6.01 Å². The molecular weight excluding hydrogens is 310 g/mol. The molecule has 2 aromatic heterocycles. The Morgan fingerprint density at radius 3 is 2.75 bits per heavy atom. The normalized spacial score (nSPS) is 11.0. The van der Waals surface area contributed by atoms with Crippen LogP contribution in [0.2, 0.25) is 0 Å². The van der Waals surface area contributed by atoms with E-state index in [0.717, 1.165) is 0 Å². The first-order chi connectivity index (χ1) is 11.7. The van der Waals surface area contributed by atoms with Crippen LogP contribution in [-0.4, -0.2) is 39.5 Å². The van der Waals surface area contributed by atoms with Crippen LogP contribution < -0.4 is 10.3 Å². The maximum atomic E-state index is 12.8. The van der Waals surface area contributed by atoms with E-state index in [4.69, 9.17) is 9.47 Å². The second-order valence-electron chi connectivity index (χ2n) is 5.19. The molecule has 0 unspecified atom stereocenters. The van der Waals surface area contributed by atoms with Gasteiger partial charge in [-0.1, -0.05) is 0 Å². The minimum absolute atomic E-state index is 0.127. The van der Waals surface area contributed by atoms with Crippen molar-refractivity contribution in [2.45, 2.75) is 13.3 Å². The highest BCUT2D eigenvalue weighted by atomic mass is 16.5. The van der Waals surface area contributed by atoms with Crippen molar-refractivity contribution >= 4 is 11.0 Å². The average Bonchev–Trinajstić information content (AvgIpc) is 3.05. The molecule has 3 aromatic rings. The van der Waals surface area contributed by atoms with Crippen LogP contribution in [0.15, 0.2) is 41.3 Å². The summed E-state index contributed by atoms with van der Waals surface area (Å²) >= 11 is 0. The molecule has 2 N–H and O–H groups in total. The monoisotopic (exact) mass is 329 g/mol. The number of ether oxygens (including phenoxy) is 2. The number of hydrogen-bond acceptors (Lipinski definition) is 5. The molecule has 0 bridgehead atoms. The molecule has 126 valence electrons. The van der Waals surface area contributed by atoms with Gasteiger partial charge in [0.25, 0.3) is 5.56 Å². The Balaban J connectivity index is 1.97. The summed E-state index contributed by atoms with van der Waals surface area (Å²) in [7, 11) is 0. The fourth-order valence-electron chi connectivity index (χ4n) is 2.37. The van der Waals surface area contributed by atoms with E-state index in [1.165, 1.54) is 16.7 Å². The Bertz CT molecular complexity index is 868. The maximum Gasteiger partial charge on any atom is 0.305 e. The van der Waals surface area contributed by atoms with Crippen molar-refractivity contribution in [1.29, 1.82) is 0 Å². The van der Waals surface area contributed by atoms with Gasteiger partial charge < -0.3 is 19.6 Å². The molecule has 0 fully saturated rings. The number of aromatic amines is 1. The summed E-state index contributed by atoms with van der Waals surface area (Å²) in [4.78, 5) is 20.1. The van der Waals surface area contributed by atoms with Crippen molar-refractivity contribution in [2.24, 2.45) is 0 Å². The van der Waals surface area contributed by atoms with E-state index < -0.39 is 0 Å². The van der Waals surface area contributed by atoms with E-state index >= 15 is 0 Å². The van der Waals surface area contributed by atoms with Crippen LogP contribution in [0.4, 0.5) is 0 Å². The number of benzene rings is 1. The van der Waals surface area contributed by atoms with Crippen LogP contribution in [0.5, 0.6) is 11.8 Å². The zero-order chi connectivity index (χ0) is 16.9. The smallest absolute Gasteiger partial charge is 0.305 e. The van der Waals surface area contributed by atoms with Gasteiger partial charge in [-0.25, -0.2) is 4.57 Å². The van der Waals surface area contributed by atoms with Crippen LogP contribution in [0.3, 0.4) is 0 Å². The predicted octanol–water partition coefficient (Wildman–Crippen LogP) is 2.22. The predicted molar refractivity (Wildman–Crippen MR) is 90.0 cm³/mol. The molecule has 0 radical (unpaired) electrons. The van der Waals surface area contributed by atoms with Gasteiger partial charge in [-0.05, 0) is 37.3 Å². The van der Waals surface area contributed by atoms with Crippen molar-refractivity contribution in [1.82, 2.24) is 14.5 Å². The van der Waals surface area contributed by atoms with Crippen molar-refractivity contribution in [2.75, 3.05) is 19.8 Å². The van der Waals surface area contributed by atoms with E-state index in [-0.39, 0.29) is 17.3 Å². The Morgan fingerprint density at radius 2 is 2.00 bits per heavy atom. The average molecular weight is 329 g/mol. The highest BCUT2D eigenvalue weighted by Gasteiger charge is 2.14. The first-order valence-corrected chi connectivity index (χ1v) is 7.81. The molecular formula is C17H19N3O4. The van der Waals surface area contributed by atoms with Gasteiger partial charge in [0, 0.05) is 25.8 Å². The van der Waals surface area contributed by atoms with E-state index in [9.17, 15) is 9.90 Å². The van der Waals surface area contributed by atoms with Crippen LogP contribution in [0, 0.1) is 0 Å². The molecule has 0 aliphatic heterocycles. The molecule has 3 rings (SSSR count). The molecule has 0 aliphatic rings. The Labute approximate surface area is 138 Å². The Morgan fingerprint density at radius 1 is 1.21 bits per heavy atom. The number of nitrogens with one attached hydrogen (secondary N) is 1. The Kier molecular flexibility index (Phi) is 4.81. The third kappa shape index (κ3) is 3.26. The zero-order valence-electron chi connectivity index (χ0n) is 13.4. The summed E-state index contributed by atoms with van der Waals surface area (Å²) in [5.41, 5.74) is 0.829. The van der Waals surface area contributed by atoms with Gasteiger partial charge in [-0.15, -0.1) is 0 Å². The molecule has 0 atom stereocenters. The number of H-pyrrole nitrogens is 1. The fraction of sp³-hybridized carbons (Fsp3) is 0.294. The molecule has 1 aromatic carbocycles. The summed E-state index contributed by atoms with van der Waals surface area (Å²) < 4.78 is 12.4. The van der Waals surface area contributed by atoms with Crippen LogP contribution in [0.1, 0.15) is 13.3 Å². The molecule has 7 nitrogen and oxygen atoms in total. The zero-order valence-corrected chi connectivity index (χ0v) is 13.4. The third-order valence-corrected chi connectivity index (χ3v) is 3.53. The highest BCUT2D eigenvalue weighted by Crippen LogP contribution is 2.19. The van der Waals surface area contributed by atoms with Gasteiger partial charge in [0.05, 0.1) is 17.7 Å². The summed E-state index contributed by atoms with van der Waals surface area (Å²) in [5.74, 6) is 0.127. The van der Waals surface area contributed by atoms with Gasteiger partial charge in [-0.2, -0.15) is 4.98 Å².